The van der Waals surface area contributed by atoms with Crippen LogP contribution in [-0.4, -0.2) is 20.8 Å². The van der Waals surface area contributed by atoms with E-state index in [1.165, 1.54) is 17.3 Å². The van der Waals surface area contributed by atoms with Crippen molar-refractivity contribution in [3.63, 3.8) is 0 Å². The van der Waals surface area contributed by atoms with Gasteiger partial charge in [-0.25, -0.2) is 4.98 Å². The molecule has 2 rings (SSSR count). The van der Waals surface area contributed by atoms with E-state index in [0.29, 0.717) is 5.22 Å². The number of hydrogen-bond donors (Lipinski definition) is 1. The summed E-state index contributed by atoms with van der Waals surface area (Å²) in [4.78, 5) is 4.13. The summed E-state index contributed by atoms with van der Waals surface area (Å²) in [6.45, 7) is 4.11. The molecule has 0 aliphatic carbocycles. The van der Waals surface area contributed by atoms with Gasteiger partial charge < -0.3 is 10.2 Å². The second-order valence-corrected chi connectivity index (χ2v) is 5.21. The Bertz CT molecular complexity index is 506. The Balaban J connectivity index is 2.27. The smallest absolute Gasteiger partial charge is 0.261 e. The molecule has 0 fully saturated rings. The van der Waals surface area contributed by atoms with Crippen LogP contribution in [0.2, 0.25) is 0 Å². The number of nitrogens with zero attached hydrogens (tertiary/aromatic N) is 3. The van der Waals surface area contributed by atoms with Gasteiger partial charge in [0.15, 0.2) is 0 Å². The minimum Gasteiger partial charge on any atom is -0.440 e. The number of aryl methyl sites for hydroxylation is 2. The van der Waals surface area contributed by atoms with Gasteiger partial charge in [-0.2, -0.15) is 5.10 Å². The highest BCUT2D eigenvalue weighted by Gasteiger charge is 2.18. The van der Waals surface area contributed by atoms with Gasteiger partial charge in [0.05, 0.1) is 11.9 Å². The molecule has 18 heavy (non-hydrogen) atoms. The molecule has 2 aromatic heterocycles. The lowest BCUT2D eigenvalue weighted by molar-refractivity contribution is 0.453. The van der Waals surface area contributed by atoms with Gasteiger partial charge in [-0.05, 0) is 31.5 Å². The first-order valence-corrected chi connectivity index (χ1v) is 6.78. The highest BCUT2D eigenvalue weighted by atomic mass is 32.2. The number of hydrogen-bond acceptors (Lipinski definition) is 5. The fourth-order valence-electron chi connectivity index (χ4n) is 1.79. The quantitative estimate of drug-likeness (QED) is 0.898. The fraction of sp³-hybridized carbons (Fsp3) is 0.500. The number of oxazole rings is 1. The molecule has 1 atom stereocenters. The Hall–Kier alpha value is -1.27. The standard InChI is InChI=1S/C12H18N4OS/c1-4-9(13)7-10-8(2)15-16(3)11(10)18-12-14-5-6-17-12/h5-6,9H,4,7,13H2,1-3H3. The Morgan fingerprint density at radius 3 is 2.94 bits per heavy atom. The molecule has 0 amide bonds. The molecule has 1 unspecified atom stereocenters. The second-order valence-electron chi connectivity index (χ2n) is 4.27. The van der Waals surface area contributed by atoms with Gasteiger partial charge in [0, 0.05) is 18.7 Å². The third-order valence-corrected chi connectivity index (χ3v) is 3.95. The maximum atomic E-state index is 6.04. The average Bonchev–Trinajstić information content (AvgIpc) is 2.93. The van der Waals surface area contributed by atoms with Crippen molar-refractivity contribution in [1.29, 1.82) is 0 Å². The van der Waals surface area contributed by atoms with Crippen molar-refractivity contribution < 1.29 is 4.42 Å². The first kappa shape index (κ1) is 13.2. The lowest BCUT2D eigenvalue weighted by Crippen LogP contribution is -2.21. The molecule has 5 nitrogen and oxygen atoms in total. The number of rotatable bonds is 5. The van der Waals surface area contributed by atoms with E-state index in [9.17, 15) is 0 Å². The molecule has 0 saturated heterocycles. The lowest BCUT2D eigenvalue weighted by atomic mass is 10.1. The van der Waals surface area contributed by atoms with Crippen LogP contribution in [0.25, 0.3) is 0 Å². The Kier molecular flexibility index (Phi) is 4.08. The summed E-state index contributed by atoms with van der Waals surface area (Å²) < 4.78 is 7.13. The van der Waals surface area contributed by atoms with Crippen LogP contribution < -0.4 is 5.73 Å². The third kappa shape index (κ3) is 2.76. The minimum atomic E-state index is 0.164. The first-order chi connectivity index (χ1) is 8.61. The van der Waals surface area contributed by atoms with Crippen molar-refractivity contribution >= 4 is 11.8 Å². The lowest BCUT2D eigenvalue weighted by Gasteiger charge is -2.09. The van der Waals surface area contributed by atoms with Crippen molar-refractivity contribution in [2.75, 3.05) is 0 Å². The molecular weight excluding hydrogens is 248 g/mol. The summed E-state index contributed by atoms with van der Waals surface area (Å²) >= 11 is 1.49. The van der Waals surface area contributed by atoms with Crippen molar-refractivity contribution in [2.45, 2.75) is 43.0 Å². The van der Waals surface area contributed by atoms with Crippen LogP contribution in [0.4, 0.5) is 0 Å². The van der Waals surface area contributed by atoms with Crippen molar-refractivity contribution in [1.82, 2.24) is 14.8 Å². The minimum absolute atomic E-state index is 0.164. The van der Waals surface area contributed by atoms with Crippen LogP contribution in [0.1, 0.15) is 24.6 Å². The van der Waals surface area contributed by atoms with Crippen molar-refractivity contribution in [3.05, 3.63) is 23.7 Å². The molecule has 0 bridgehead atoms. The van der Waals surface area contributed by atoms with Gasteiger partial charge in [0.25, 0.3) is 5.22 Å². The summed E-state index contributed by atoms with van der Waals surface area (Å²) in [5.74, 6) is 0. The molecule has 2 heterocycles. The van der Waals surface area contributed by atoms with Gasteiger partial charge in [-0.3, -0.25) is 4.68 Å². The molecule has 6 heteroatoms. The molecule has 0 aromatic carbocycles. The Labute approximate surface area is 111 Å². The zero-order valence-electron chi connectivity index (χ0n) is 10.9. The van der Waals surface area contributed by atoms with E-state index in [-0.39, 0.29) is 6.04 Å². The topological polar surface area (TPSA) is 69.9 Å². The summed E-state index contributed by atoms with van der Waals surface area (Å²) in [6.07, 6.45) is 5.00. The van der Waals surface area contributed by atoms with Crippen LogP contribution in [0, 0.1) is 6.92 Å². The predicted octanol–water partition coefficient (Wildman–Crippen LogP) is 2.15. The van der Waals surface area contributed by atoms with Crippen LogP contribution in [0.15, 0.2) is 27.1 Å². The van der Waals surface area contributed by atoms with Gasteiger partial charge in [0.1, 0.15) is 11.3 Å². The van der Waals surface area contributed by atoms with E-state index in [2.05, 4.69) is 17.0 Å². The highest BCUT2D eigenvalue weighted by molar-refractivity contribution is 7.99. The van der Waals surface area contributed by atoms with Crippen LogP contribution in [0.3, 0.4) is 0 Å². The summed E-state index contributed by atoms with van der Waals surface area (Å²) in [5, 5.41) is 6.13. The fourth-order valence-corrected chi connectivity index (χ4v) is 2.70. The molecule has 98 valence electrons. The molecule has 2 N–H and O–H groups in total. The summed E-state index contributed by atoms with van der Waals surface area (Å²) in [7, 11) is 1.93. The highest BCUT2D eigenvalue weighted by Crippen LogP contribution is 2.31. The average molecular weight is 266 g/mol. The number of aromatic nitrogens is 3. The second kappa shape index (κ2) is 5.58. The summed E-state index contributed by atoms with van der Waals surface area (Å²) in [5.41, 5.74) is 8.25. The third-order valence-electron chi connectivity index (χ3n) is 2.87. The van der Waals surface area contributed by atoms with Crippen LogP contribution in [0.5, 0.6) is 0 Å². The normalized spacial score (nSPS) is 12.9. The first-order valence-electron chi connectivity index (χ1n) is 5.97. The monoisotopic (exact) mass is 266 g/mol. The van der Waals surface area contributed by atoms with Crippen molar-refractivity contribution in [2.24, 2.45) is 12.8 Å². The van der Waals surface area contributed by atoms with Gasteiger partial charge in [-0.15, -0.1) is 0 Å². The van der Waals surface area contributed by atoms with E-state index in [1.807, 2.05) is 18.7 Å². The van der Waals surface area contributed by atoms with E-state index in [4.69, 9.17) is 10.2 Å². The van der Waals surface area contributed by atoms with Crippen molar-refractivity contribution in [3.8, 4) is 0 Å². The van der Waals surface area contributed by atoms with Crippen LogP contribution >= 0.6 is 11.8 Å². The molecule has 2 aromatic rings. The molecule has 0 radical (unpaired) electrons. The van der Waals surface area contributed by atoms with E-state index in [0.717, 1.165) is 23.6 Å². The molecular formula is C12H18N4OS. The summed E-state index contributed by atoms with van der Waals surface area (Å²) in [6, 6.07) is 0.164. The Morgan fingerprint density at radius 1 is 1.56 bits per heavy atom. The maximum Gasteiger partial charge on any atom is 0.261 e. The van der Waals surface area contributed by atoms with E-state index < -0.39 is 0 Å². The van der Waals surface area contributed by atoms with E-state index >= 15 is 0 Å². The zero-order valence-corrected chi connectivity index (χ0v) is 11.7. The maximum absolute atomic E-state index is 6.04. The Morgan fingerprint density at radius 2 is 2.33 bits per heavy atom. The SMILES string of the molecule is CCC(N)Cc1c(C)nn(C)c1Sc1ncco1. The molecule has 0 spiro atoms. The molecule has 0 aliphatic rings. The van der Waals surface area contributed by atoms with Gasteiger partial charge in [-0.1, -0.05) is 6.92 Å². The van der Waals surface area contributed by atoms with Gasteiger partial charge >= 0.3 is 0 Å². The molecule has 0 aliphatic heterocycles. The van der Waals surface area contributed by atoms with Crippen LogP contribution in [-0.2, 0) is 13.5 Å². The van der Waals surface area contributed by atoms with Gasteiger partial charge in [0.2, 0.25) is 0 Å². The largest absolute Gasteiger partial charge is 0.440 e. The molecule has 0 saturated carbocycles. The predicted molar refractivity (Wildman–Crippen MR) is 70.5 cm³/mol. The van der Waals surface area contributed by atoms with E-state index in [1.54, 1.807) is 12.5 Å². The zero-order chi connectivity index (χ0) is 13.1. The number of nitrogens with two attached hydrogens (primary N) is 1.